The number of rotatable bonds is 4. The second-order valence-electron chi connectivity index (χ2n) is 5.64. The van der Waals surface area contributed by atoms with E-state index in [1.54, 1.807) is 11.0 Å². The fourth-order valence-corrected chi connectivity index (χ4v) is 2.93. The fraction of sp³-hybridized carbons (Fsp3) is 0.467. The number of carbonyl (C=O) groups is 2. The molecule has 1 fully saturated rings. The van der Waals surface area contributed by atoms with Crippen molar-refractivity contribution in [1.82, 2.24) is 20.1 Å². The predicted molar refractivity (Wildman–Crippen MR) is 80.9 cm³/mol. The summed E-state index contributed by atoms with van der Waals surface area (Å²) in [5.74, 6) is 0.0290. The van der Waals surface area contributed by atoms with Crippen LogP contribution >= 0.6 is 0 Å². The van der Waals surface area contributed by atoms with Crippen LogP contribution in [0.3, 0.4) is 0 Å². The van der Waals surface area contributed by atoms with Crippen LogP contribution in [0.5, 0.6) is 0 Å². The Morgan fingerprint density at radius 3 is 3.04 bits per heavy atom. The first-order valence-corrected chi connectivity index (χ1v) is 7.67. The lowest BCUT2D eigenvalue weighted by Crippen LogP contribution is -2.39. The molecule has 2 aromatic heterocycles. The van der Waals surface area contributed by atoms with Crippen molar-refractivity contribution in [2.45, 2.75) is 32.1 Å². The van der Waals surface area contributed by atoms with E-state index in [-0.39, 0.29) is 17.5 Å². The first kappa shape index (κ1) is 15.3. The molecule has 0 aromatic carbocycles. The van der Waals surface area contributed by atoms with E-state index in [2.05, 4.69) is 15.2 Å². The van der Waals surface area contributed by atoms with Gasteiger partial charge in [0.05, 0.1) is 0 Å². The molecule has 0 aliphatic carbocycles. The molecule has 3 N–H and O–H groups in total. The summed E-state index contributed by atoms with van der Waals surface area (Å²) >= 11 is 0. The lowest BCUT2D eigenvalue weighted by Gasteiger charge is -2.31. The number of nitrogens with two attached hydrogens (primary N) is 1. The van der Waals surface area contributed by atoms with Crippen molar-refractivity contribution >= 4 is 11.8 Å². The third kappa shape index (κ3) is 2.96. The van der Waals surface area contributed by atoms with Crippen molar-refractivity contribution < 1.29 is 14.0 Å². The summed E-state index contributed by atoms with van der Waals surface area (Å²) in [7, 11) is 0. The zero-order valence-electron chi connectivity index (χ0n) is 12.9. The highest BCUT2D eigenvalue weighted by molar-refractivity contribution is 5.93. The zero-order chi connectivity index (χ0) is 16.4. The third-order valence-electron chi connectivity index (χ3n) is 4.16. The minimum absolute atomic E-state index is 0.102. The first-order chi connectivity index (χ1) is 11.1. The second-order valence-corrected chi connectivity index (χ2v) is 5.64. The summed E-state index contributed by atoms with van der Waals surface area (Å²) in [5.41, 5.74) is 6.65. The van der Waals surface area contributed by atoms with Crippen LogP contribution < -0.4 is 5.73 Å². The third-order valence-corrected chi connectivity index (χ3v) is 4.16. The summed E-state index contributed by atoms with van der Waals surface area (Å²) < 4.78 is 5.24. The van der Waals surface area contributed by atoms with E-state index in [1.807, 2.05) is 6.92 Å². The number of aromatic amines is 1. The van der Waals surface area contributed by atoms with Gasteiger partial charge in [-0.05, 0) is 18.9 Å². The number of carbonyl (C=O) groups excluding carboxylic acids is 2. The summed E-state index contributed by atoms with van der Waals surface area (Å²) in [6.07, 6.45) is 3.73. The number of hydrogen-bond acceptors (Lipinski definition) is 5. The van der Waals surface area contributed by atoms with Gasteiger partial charge in [0.1, 0.15) is 11.5 Å². The SMILES string of the molecule is CCc1ocnc1C(=O)N1CCC[C@H](c2cc(C(N)=O)n[nH]2)C1. The Morgan fingerprint density at radius 2 is 2.35 bits per heavy atom. The van der Waals surface area contributed by atoms with Crippen molar-refractivity contribution in [3.05, 3.63) is 35.3 Å². The number of primary amides is 1. The summed E-state index contributed by atoms with van der Waals surface area (Å²) in [4.78, 5) is 29.6. The average Bonchev–Trinajstić information content (AvgIpc) is 3.23. The molecular formula is C15H19N5O3. The normalized spacial score (nSPS) is 18.1. The van der Waals surface area contributed by atoms with Crippen LogP contribution in [0, 0.1) is 0 Å². The number of nitrogens with zero attached hydrogens (tertiary/aromatic N) is 3. The van der Waals surface area contributed by atoms with Crippen molar-refractivity contribution in [1.29, 1.82) is 0 Å². The molecule has 3 heterocycles. The average molecular weight is 317 g/mol. The van der Waals surface area contributed by atoms with Gasteiger partial charge in [-0.25, -0.2) is 4.98 Å². The highest BCUT2D eigenvalue weighted by Crippen LogP contribution is 2.27. The molecule has 1 saturated heterocycles. The molecular weight excluding hydrogens is 298 g/mol. The number of nitrogens with one attached hydrogen (secondary N) is 1. The maximum Gasteiger partial charge on any atom is 0.276 e. The van der Waals surface area contributed by atoms with Crippen LogP contribution in [0.2, 0.25) is 0 Å². The van der Waals surface area contributed by atoms with Crippen molar-refractivity contribution in [3.8, 4) is 0 Å². The topological polar surface area (TPSA) is 118 Å². The molecule has 8 heteroatoms. The van der Waals surface area contributed by atoms with Gasteiger partial charge in [0.2, 0.25) is 0 Å². The summed E-state index contributed by atoms with van der Waals surface area (Å²) in [5, 5.41) is 6.76. The number of likely N-dealkylation sites (tertiary alicyclic amines) is 1. The van der Waals surface area contributed by atoms with Gasteiger partial charge in [-0.15, -0.1) is 0 Å². The van der Waals surface area contributed by atoms with E-state index in [9.17, 15) is 9.59 Å². The highest BCUT2D eigenvalue weighted by Gasteiger charge is 2.29. The number of amides is 2. The van der Waals surface area contributed by atoms with E-state index in [0.717, 1.165) is 18.5 Å². The molecule has 2 aromatic rings. The van der Waals surface area contributed by atoms with E-state index in [1.165, 1.54) is 6.39 Å². The Labute approximate surface area is 133 Å². The Bertz CT molecular complexity index is 720. The molecule has 23 heavy (non-hydrogen) atoms. The van der Waals surface area contributed by atoms with Crippen LogP contribution in [-0.4, -0.2) is 45.0 Å². The van der Waals surface area contributed by atoms with Crippen molar-refractivity contribution in [2.24, 2.45) is 5.73 Å². The maximum atomic E-state index is 12.6. The van der Waals surface area contributed by atoms with Gasteiger partial charge in [0.15, 0.2) is 12.1 Å². The number of hydrogen-bond donors (Lipinski definition) is 2. The van der Waals surface area contributed by atoms with Gasteiger partial charge in [-0.1, -0.05) is 6.92 Å². The first-order valence-electron chi connectivity index (χ1n) is 7.67. The largest absolute Gasteiger partial charge is 0.448 e. The smallest absolute Gasteiger partial charge is 0.276 e. The van der Waals surface area contributed by atoms with Crippen molar-refractivity contribution in [3.63, 3.8) is 0 Å². The Balaban J connectivity index is 1.75. The lowest BCUT2D eigenvalue weighted by molar-refractivity contribution is 0.0698. The van der Waals surface area contributed by atoms with E-state index < -0.39 is 5.91 Å². The fourth-order valence-electron chi connectivity index (χ4n) is 2.93. The number of aromatic nitrogens is 3. The Morgan fingerprint density at radius 1 is 1.52 bits per heavy atom. The quantitative estimate of drug-likeness (QED) is 0.874. The van der Waals surface area contributed by atoms with Gasteiger partial charge in [-0.2, -0.15) is 5.10 Å². The molecule has 0 unspecified atom stereocenters. The molecule has 1 aliphatic heterocycles. The molecule has 0 saturated carbocycles. The minimum atomic E-state index is -0.563. The molecule has 122 valence electrons. The number of piperidine rings is 1. The number of oxazole rings is 1. The Hall–Kier alpha value is -2.64. The molecule has 0 radical (unpaired) electrons. The van der Waals surface area contributed by atoms with Gasteiger partial charge >= 0.3 is 0 Å². The predicted octanol–water partition coefficient (Wildman–Crippen LogP) is 1.08. The minimum Gasteiger partial charge on any atom is -0.448 e. The van der Waals surface area contributed by atoms with Crippen LogP contribution in [0.1, 0.15) is 58.1 Å². The van der Waals surface area contributed by atoms with E-state index >= 15 is 0 Å². The molecule has 0 bridgehead atoms. The zero-order valence-corrected chi connectivity index (χ0v) is 12.9. The van der Waals surface area contributed by atoms with Crippen molar-refractivity contribution in [2.75, 3.05) is 13.1 Å². The van der Waals surface area contributed by atoms with Crippen LogP contribution in [-0.2, 0) is 6.42 Å². The van der Waals surface area contributed by atoms with E-state index in [4.69, 9.17) is 10.2 Å². The molecule has 1 aliphatic rings. The number of H-pyrrole nitrogens is 1. The van der Waals surface area contributed by atoms with E-state index in [0.29, 0.717) is 31.0 Å². The molecule has 2 amide bonds. The molecule has 0 spiro atoms. The lowest BCUT2D eigenvalue weighted by atomic mass is 9.94. The van der Waals surface area contributed by atoms with Crippen LogP contribution in [0.4, 0.5) is 0 Å². The second kappa shape index (κ2) is 6.23. The maximum absolute atomic E-state index is 12.6. The van der Waals surface area contributed by atoms with Gasteiger partial charge in [0, 0.05) is 31.1 Å². The van der Waals surface area contributed by atoms with Gasteiger partial charge < -0.3 is 15.1 Å². The Kier molecular flexibility index (Phi) is 4.14. The van der Waals surface area contributed by atoms with Gasteiger partial charge in [-0.3, -0.25) is 14.7 Å². The summed E-state index contributed by atoms with van der Waals surface area (Å²) in [6, 6.07) is 1.66. The molecule has 3 rings (SSSR count). The standard InChI is InChI=1S/C15H19N5O3/c1-2-12-13(17-8-23-12)15(22)20-5-3-4-9(7-20)10-6-11(14(16)21)19-18-10/h6,8-9H,2-5,7H2,1H3,(H2,16,21)(H,18,19)/t9-/m0/s1. The van der Waals surface area contributed by atoms with Crippen LogP contribution in [0.15, 0.2) is 16.9 Å². The summed E-state index contributed by atoms with van der Waals surface area (Å²) in [6.45, 7) is 3.16. The van der Waals surface area contributed by atoms with Gasteiger partial charge in [0.25, 0.3) is 11.8 Å². The monoisotopic (exact) mass is 317 g/mol. The van der Waals surface area contributed by atoms with Crippen LogP contribution in [0.25, 0.3) is 0 Å². The molecule has 1 atom stereocenters. The number of aryl methyl sites for hydroxylation is 1. The highest BCUT2D eigenvalue weighted by atomic mass is 16.3. The molecule has 8 nitrogen and oxygen atoms in total.